The van der Waals surface area contributed by atoms with Crippen LogP contribution in [-0.4, -0.2) is 20.9 Å². The average molecular weight is 238 g/mol. The summed E-state index contributed by atoms with van der Waals surface area (Å²) in [5.74, 6) is 0.533. The van der Waals surface area contributed by atoms with Gasteiger partial charge in [-0.2, -0.15) is 0 Å². The number of carbonyl (C=O) groups is 1. The van der Waals surface area contributed by atoms with Gasteiger partial charge < -0.3 is 4.98 Å². The molecule has 16 heavy (non-hydrogen) atoms. The fraction of sp³-hybridized carbons (Fsp3) is 0.600. The molecule has 1 saturated carbocycles. The number of nitrogens with one attached hydrogen (secondary N) is 2. The van der Waals surface area contributed by atoms with Crippen LogP contribution in [0.1, 0.15) is 32.1 Å². The van der Waals surface area contributed by atoms with E-state index >= 15 is 0 Å². The summed E-state index contributed by atoms with van der Waals surface area (Å²) < 4.78 is 0.328. The van der Waals surface area contributed by atoms with Crippen LogP contribution in [0.3, 0.4) is 0 Å². The normalized spacial score (nSPS) is 17.0. The van der Waals surface area contributed by atoms with Gasteiger partial charge in [-0.3, -0.25) is 10.1 Å². The van der Waals surface area contributed by atoms with Crippen molar-refractivity contribution in [3.63, 3.8) is 0 Å². The lowest BCUT2D eigenvalue weighted by molar-refractivity contribution is -0.120. The Morgan fingerprint density at radius 3 is 2.81 bits per heavy atom. The number of aromatic nitrogens is 3. The third-order valence-electron chi connectivity index (χ3n) is 2.80. The number of anilines is 1. The Morgan fingerprint density at radius 2 is 2.12 bits per heavy atom. The zero-order chi connectivity index (χ0) is 11.4. The zero-order valence-electron chi connectivity index (χ0n) is 8.90. The minimum Gasteiger partial charge on any atom is -0.301 e. The first-order chi connectivity index (χ1) is 7.75. The number of nitrogens with zero attached hydrogens (tertiary/aromatic N) is 2. The maximum atomic E-state index is 11.9. The summed E-state index contributed by atoms with van der Waals surface area (Å²) in [5.41, 5.74) is 0. The largest absolute Gasteiger partial charge is 0.301 e. The van der Waals surface area contributed by atoms with Gasteiger partial charge in [-0.1, -0.05) is 19.3 Å². The second kappa shape index (κ2) is 5.16. The molecule has 0 atom stereocenters. The minimum atomic E-state index is 0.0315. The predicted molar refractivity (Wildman–Crippen MR) is 62.4 cm³/mol. The number of hydrogen-bond acceptors (Lipinski definition) is 4. The highest BCUT2D eigenvalue weighted by atomic mass is 32.1. The van der Waals surface area contributed by atoms with E-state index in [1.54, 1.807) is 0 Å². The molecule has 5 nitrogen and oxygen atoms in total. The predicted octanol–water partition coefficient (Wildman–Crippen LogP) is 2.05. The first-order valence-electron chi connectivity index (χ1n) is 5.48. The molecule has 1 heterocycles. The lowest BCUT2D eigenvalue weighted by atomic mass is 9.89. The SMILES string of the molecule is O=C(Nc1ncnc(=S)[nH]1)C1CCCCC1. The minimum absolute atomic E-state index is 0.0315. The van der Waals surface area contributed by atoms with Crippen molar-refractivity contribution in [1.82, 2.24) is 15.0 Å². The Labute approximate surface area is 98.7 Å². The van der Waals surface area contributed by atoms with Gasteiger partial charge >= 0.3 is 0 Å². The van der Waals surface area contributed by atoms with E-state index in [1.807, 2.05) is 0 Å². The zero-order valence-corrected chi connectivity index (χ0v) is 9.72. The van der Waals surface area contributed by atoms with Crippen molar-refractivity contribution in [3.05, 3.63) is 11.1 Å². The topological polar surface area (TPSA) is 70.7 Å². The van der Waals surface area contributed by atoms with Gasteiger partial charge in [-0.25, -0.2) is 9.97 Å². The van der Waals surface area contributed by atoms with Crippen molar-refractivity contribution < 1.29 is 4.79 Å². The van der Waals surface area contributed by atoms with Crippen LogP contribution in [0.5, 0.6) is 0 Å². The summed E-state index contributed by atoms with van der Waals surface area (Å²) in [6.45, 7) is 0. The molecule has 0 bridgehead atoms. The van der Waals surface area contributed by atoms with Crippen LogP contribution in [0, 0.1) is 10.7 Å². The van der Waals surface area contributed by atoms with Crippen LogP contribution >= 0.6 is 12.2 Å². The molecule has 0 aromatic carbocycles. The number of rotatable bonds is 2. The number of amides is 1. The molecule has 1 aliphatic rings. The molecule has 0 radical (unpaired) electrons. The average Bonchev–Trinajstić information content (AvgIpc) is 2.30. The molecule has 86 valence electrons. The Morgan fingerprint density at radius 1 is 1.38 bits per heavy atom. The first kappa shape index (κ1) is 11.2. The second-order valence-electron chi connectivity index (χ2n) is 3.98. The highest BCUT2D eigenvalue weighted by Gasteiger charge is 2.21. The van der Waals surface area contributed by atoms with E-state index in [-0.39, 0.29) is 11.8 Å². The van der Waals surface area contributed by atoms with E-state index in [0.29, 0.717) is 10.7 Å². The van der Waals surface area contributed by atoms with Crippen molar-refractivity contribution in [1.29, 1.82) is 0 Å². The van der Waals surface area contributed by atoms with Gasteiger partial charge in [0.2, 0.25) is 16.6 Å². The molecule has 1 aromatic rings. The fourth-order valence-corrected chi connectivity index (χ4v) is 2.10. The van der Waals surface area contributed by atoms with Crippen LogP contribution < -0.4 is 5.32 Å². The highest BCUT2D eigenvalue weighted by molar-refractivity contribution is 7.71. The molecule has 2 N–H and O–H groups in total. The van der Waals surface area contributed by atoms with Crippen molar-refractivity contribution in [2.24, 2.45) is 5.92 Å². The summed E-state index contributed by atoms with van der Waals surface area (Å²) in [4.78, 5) is 22.3. The van der Waals surface area contributed by atoms with Crippen molar-refractivity contribution in [2.45, 2.75) is 32.1 Å². The van der Waals surface area contributed by atoms with Crippen LogP contribution in [0.15, 0.2) is 6.33 Å². The van der Waals surface area contributed by atoms with E-state index in [4.69, 9.17) is 12.2 Å². The van der Waals surface area contributed by atoms with Crippen LogP contribution in [0.2, 0.25) is 0 Å². The molecule has 1 aliphatic carbocycles. The van der Waals surface area contributed by atoms with Gasteiger partial charge in [-0.15, -0.1) is 0 Å². The molecular formula is C10H14N4OS. The maximum absolute atomic E-state index is 11.9. The molecule has 2 rings (SSSR count). The van der Waals surface area contributed by atoms with Gasteiger partial charge in [0.15, 0.2) is 0 Å². The van der Waals surface area contributed by atoms with Crippen LogP contribution in [0.4, 0.5) is 5.95 Å². The molecule has 0 saturated heterocycles. The van der Waals surface area contributed by atoms with Crippen molar-refractivity contribution in [3.8, 4) is 0 Å². The summed E-state index contributed by atoms with van der Waals surface area (Å²) >= 11 is 4.85. The van der Waals surface area contributed by atoms with Gasteiger partial charge in [0.1, 0.15) is 6.33 Å². The lowest BCUT2D eigenvalue weighted by Gasteiger charge is -2.20. The smallest absolute Gasteiger partial charge is 0.229 e. The first-order valence-corrected chi connectivity index (χ1v) is 5.89. The molecule has 0 aliphatic heterocycles. The van der Waals surface area contributed by atoms with Gasteiger partial charge in [-0.05, 0) is 25.1 Å². The third kappa shape index (κ3) is 2.85. The van der Waals surface area contributed by atoms with Crippen molar-refractivity contribution >= 4 is 24.1 Å². The lowest BCUT2D eigenvalue weighted by Crippen LogP contribution is -2.25. The summed E-state index contributed by atoms with van der Waals surface area (Å²) in [7, 11) is 0. The monoisotopic (exact) mass is 238 g/mol. The van der Waals surface area contributed by atoms with Crippen molar-refractivity contribution in [2.75, 3.05) is 5.32 Å². The Balaban J connectivity index is 1.98. The van der Waals surface area contributed by atoms with Gasteiger partial charge in [0.25, 0.3) is 0 Å². The second-order valence-corrected chi connectivity index (χ2v) is 4.36. The Hall–Kier alpha value is -1.30. The molecule has 6 heteroatoms. The third-order valence-corrected chi connectivity index (χ3v) is 3.01. The maximum Gasteiger partial charge on any atom is 0.229 e. The standard InChI is InChI=1S/C10H14N4OS/c15-8(7-4-2-1-3-5-7)13-9-11-6-12-10(16)14-9/h6-7H,1-5H2,(H2,11,12,13,14,15,16). The van der Waals surface area contributed by atoms with E-state index in [9.17, 15) is 4.79 Å². The highest BCUT2D eigenvalue weighted by Crippen LogP contribution is 2.24. The van der Waals surface area contributed by atoms with E-state index in [2.05, 4.69) is 20.3 Å². The number of aromatic amines is 1. The molecule has 0 spiro atoms. The Bertz CT molecular complexity index is 425. The summed E-state index contributed by atoms with van der Waals surface area (Å²) in [5, 5.41) is 2.74. The molecular weight excluding hydrogens is 224 g/mol. The van der Waals surface area contributed by atoms with E-state index < -0.39 is 0 Å². The molecule has 1 amide bonds. The quantitative estimate of drug-likeness (QED) is 0.774. The van der Waals surface area contributed by atoms with E-state index in [1.165, 1.54) is 12.7 Å². The van der Waals surface area contributed by atoms with Gasteiger partial charge in [0.05, 0.1) is 0 Å². The molecule has 1 fully saturated rings. The number of H-pyrrole nitrogens is 1. The fourth-order valence-electron chi connectivity index (χ4n) is 1.95. The molecule has 1 aromatic heterocycles. The number of hydrogen-bond donors (Lipinski definition) is 2. The van der Waals surface area contributed by atoms with E-state index in [0.717, 1.165) is 25.7 Å². The Kier molecular flexibility index (Phi) is 3.61. The van der Waals surface area contributed by atoms with Crippen LogP contribution in [0.25, 0.3) is 0 Å². The summed E-state index contributed by atoms with van der Waals surface area (Å²) in [6.07, 6.45) is 6.79. The number of carbonyl (C=O) groups excluding carboxylic acids is 1. The van der Waals surface area contributed by atoms with Gasteiger partial charge in [0, 0.05) is 5.92 Å². The molecule has 0 unspecified atom stereocenters. The summed E-state index contributed by atoms with van der Waals surface area (Å²) in [6, 6.07) is 0. The van der Waals surface area contributed by atoms with Crippen LogP contribution in [-0.2, 0) is 4.79 Å².